The Kier molecular flexibility index (Phi) is 8.53. The summed E-state index contributed by atoms with van der Waals surface area (Å²) in [4.78, 5) is 12.2. The summed E-state index contributed by atoms with van der Waals surface area (Å²) in [6.45, 7) is -2.41. The van der Waals surface area contributed by atoms with Gasteiger partial charge in [0.15, 0.2) is 12.0 Å². The number of quaternary nitrogens is 1. The van der Waals surface area contributed by atoms with Crippen LogP contribution in [0.1, 0.15) is 10.4 Å². The molecule has 10 atom stereocenters. The van der Waals surface area contributed by atoms with Crippen molar-refractivity contribution in [3.8, 4) is 0 Å². The van der Waals surface area contributed by atoms with Crippen LogP contribution in [-0.2, 0) is 18.9 Å². The number of carbonyl (C=O) groups excluding carboxylic acids is 1. The lowest BCUT2D eigenvalue weighted by Crippen LogP contribution is -2.99. The van der Waals surface area contributed by atoms with Gasteiger partial charge in [-0.2, -0.15) is 5.23 Å². The van der Waals surface area contributed by atoms with Crippen LogP contribution in [0.25, 0.3) is 0 Å². The normalized spacial score (nSPS) is 39.1. The fraction of sp³-hybridized carbons (Fsp3) is 0.632. The van der Waals surface area contributed by atoms with E-state index in [-0.39, 0.29) is 11.3 Å². The summed E-state index contributed by atoms with van der Waals surface area (Å²) < 4.78 is 21.0. The molecule has 1 unspecified atom stereocenters. The fourth-order valence-corrected chi connectivity index (χ4v) is 3.61. The maximum Gasteiger partial charge on any atom is 0.338 e. The minimum Gasteiger partial charge on any atom is -0.595 e. The highest BCUT2D eigenvalue weighted by Gasteiger charge is 2.58. The number of aliphatic hydroxyl groups is 7. The fourth-order valence-electron chi connectivity index (χ4n) is 3.61. The zero-order chi connectivity index (χ0) is 25.2. The van der Waals surface area contributed by atoms with Crippen molar-refractivity contribution in [3.63, 3.8) is 0 Å². The van der Waals surface area contributed by atoms with E-state index in [0.717, 1.165) is 0 Å². The van der Waals surface area contributed by atoms with Gasteiger partial charge in [0.05, 0.1) is 12.2 Å². The van der Waals surface area contributed by atoms with Gasteiger partial charge in [0.25, 0.3) is 0 Å². The highest BCUT2D eigenvalue weighted by Crippen LogP contribution is 2.36. The van der Waals surface area contributed by atoms with Crippen molar-refractivity contribution in [2.24, 2.45) is 0 Å². The van der Waals surface area contributed by atoms with Crippen LogP contribution in [0.5, 0.6) is 0 Å². The van der Waals surface area contributed by atoms with Crippen molar-refractivity contribution in [1.29, 1.82) is 0 Å². The first kappa shape index (κ1) is 26.8. The van der Waals surface area contributed by atoms with Crippen molar-refractivity contribution >= 4 is 11.7 Å². The molecular formula is C19H27NO14. The summed E-state index contributed by atoms with van der Waals surface area (Å²) in [6, 6.07) is 4.79. The smallest absolute Gasteiger partial charge is 0.338 e. The lowest BCUT2D eigenvalue weighted by molar-refractivity contribution is -0.991. The first-order valence-corrected chi connectivity index (χ1v) is 10.2. The predicted molar refractivity (Wildman–Crippen MR) is 104 cm³/mol. The monoisotopic (exact) mass is 493 g/mol. The predicted octanol–water partition coefficient (Wildman–Crippen LogP) is -5.13. The van der Waals surface area contributed by atoms with Gasteiger partial charge >= 0.3 is 5.97 Å². The van der Waals surface area contributed by atoms with Gasteiger partial charge in [-0.1, -0.05) is 0 Å². The zero-order valence-corrected chi connectivity index (χ0v) is 17.6. The van der Waals surface area contributed by atoms with Crippen LogP contribution in [0.3, 0.4) is 0 Å². The lowest BCUT2D eigenvalue weighted by Gasteiger charge is -2.43. The molecule has 0 radical (unpaired) electrons. The number of carbonyl (C=O) groups is 1. The van der Waals surface area contributed by atoms with Crippen LogP contribution >= 0.6 is 0 Å². The number of esters is 1. The standard InChI is InChI=1S/C19H27NO14/c21-5-10-13(24)16(27)19(7-22,33-10)34-18-15(26)14(25)12(23)11(32-18)6-31-17(28)8-1-3-9(4-2-8)20(29)30/h1-4,10-16,18,20-27,29H,5-7H2/t10-,11+,12+,13+,14+,15-,16+,18-,19+/m0/s1. The molecule has 0 bridgehead atoms. The summed E-state index contributed by atoms with van der Waals surface area (Å²) in [5.74, 6) is -3.24. The molecule has 0 amide bonds. The molecule has 192 valence electrons. The number of aliphatic hydroxyl groups excluding tert-OH is 7. The Balaban J connectivity index is 1.68. The molecule has 34 heavy (non-hydrogen) atoms. The van der Waals surface area contributed by atoms with Crippen LogP contribution in [-0.4, -0.2) is 122 Å². The quantitative estimate of drug-likeness (QED) is 0.121. The topological polar surface area (TPSA) is 243 Å². The summed E-state index contributed by atoms with van der Waals surface area (Å²) >= 11 is 0. The van der Waals surface area contributed by atoms with Crippen LogP contribution in [0.4, 0.5) is 5.69 Å². The Morgan fingerprint density at radius 1 is 1.00 bits per heavy atom. The number of hydrogen-bond acceptors (Lipinski definition) is 14. The third-order valence-corrected chi connectivity index (χ3v) is 5.64. The van der Waals surface area contributed by atoms with Gasteiger partial charge in [-0.15, -0.1) is 0 Å². The van der Waals surface area contributed by atoms with E-state index in [1.807, 2.05) is 0 Å². The molecule has 2 aliphatic heterocycles. The molecule has 2 saturated heterocycles. The summed E-state index contributed by atoms with van der Waals surface area (Å²) in [7, 11) is 0. The van der Waals surface area contributed by atoms with Crippen molar-refractivity contribution in [1.82, 2.24) is 0 Å². The van der Waals surface area contributed by atoms with Gasteiger partial charge in [0.1, 0.15) is 55.9 Å². The van der Waals surface area contributed by atoms with Gasteiger partial charge in [-0.3, -0.25) is 0 Å². The Morgan fingerprint density at radius 2 is 1.65 bits per heavy atom. The number of benzene rings is 1. The second-order valence-corrected chi connectivity index (χ2v) is 7.86. The summed E-state index contributed by atoms with van der Waals surface area (Å²) in [6.07, 6.45) is -13.7. The molecule has 2 fully saturated rings. The van der Waals surface area contributed by atoms with E-state index < -0.39 is 85.8 Å². The van der Waals surface area contributed by atoms with Crippen molar-refractivity contribution < 1.29 is 69.9 Å². The van der Waals surface area contributed by atoms with Crippen molar-refractivity contribution in [2.45, 2.75) is 54.8 Å². The maximum atomic E-state index is 12.2. The van der Waals surface area contributed by atoms with Crippen molar-refractivity contribution in [3.05, 3.63) is 35.0 Å². The molecular weight excluding hydrogens is 466 g/mol. The highest BCUT2D eigenvalue weighted by atomic mass is 16.8. The Morgan fingerprint density at radius 3 is 2.18 bits per heavy atom. The third kappa shape index (κ3) is 5.21. The van der Waals surface area contributed by atoms with E-state index in [9.17, 15) is 45.7 Å². The molecule has 1 aromatic carbocycles. The van der Waals surface area contributed by atoms with E-state index in [1.165, 1.54) is 24.3 Å². The number of ether oxygens (including phenoxy) is 4. The van der Waals surface area contributed by atoms with Gasteiger partial charge < -0.3 is 59.9 Å². The van der Waals surface area contributed by atoms with E-state index >= 15 is 0 Å². The van der Waals surface area contributed by atoms with Gasteiger partial charge in [-0.05, 0) is 12.1 Å². The number of rotatable bonds is 8. The maximum absolute atomic E-state index is 12.2. The first-order valence-electron chi connectivity index (χ1n) is 10.2. The molecule has 0 aromatic heterocycles. The molecule has 1 aromatic rings. The SMILES string of the molecule is O=C(OC[C@H]1O[C@@H](O[C@@]2(CO)O[C@@H](CO)[C@@H](O)[C@H]2O)[C@@H](O)[C@H](O)[C@@H]1O)c1ccc([NH+]([O-])O)cc1. The molecule has 2 heterocycles. The lowest BCUT2D eigenvalue weighted by atomic mass is 9.99. The van der Waals surface area contributed by atoms with Crippen LogP contribution < -0.4 is 5.23 Å². The van der Waals surface area contributed by atoms with Crippen LogP contribution in [0, 0.1) is 5.21 Å². The minimum atomic E-state index is -2.34. The third-order valence-electron chi connectivity index (χ3n) is 5.64. The molecule has 2 aliphatic rings. The number of hydrogen-bond donors (Lipinski definition) is 9. The van der Waals surface area contributed by atoms with Crippen LogP contribution in [0.15, 0.2) is 24.3 Å². The molecule has 15 nitrogen and oxygen atoms in total. The Hall–Kier alpha value is -1.83. The molecule has 3 rings (SSSR count). The second-order valence-electron chi connectivity index (χ2n) is 7.86. The molecule has 0 aliphatic carbocycles. The van der Waals surface area contributed by atoms with Gasteiger partial charge in [-0.25, -0.2) is 10.0 Å². The molecule has 0 spiro atoms. The Bertz CT molecular complexity index is 824. The molecule has 9 N–H and O–H groups in total. The summed E-state index contributed by atoms with van der Waals surface area (Å²) in [5, 5.41) is 88.4. The van der Waals surface area contributed by atoms with E-state index in [1.54, 1.807) is 0 Å². The zero-order valence-electron chi connectivity index (χ0n) is 17.6. The molecule has 15 heteroatoms. The number of nitrogens with one attached hydrogen (secondary N) is 1. The Labute approximate surface area is 192 Å². The highest BCUT2D eigenvalue weighted by molar-refractivity contribution is 5.89. The summed E-state index contributed by atoms with van der Waals surface area (Å²) in [5.41, 5.74) is -0.0585. The van der Waals surface area contributed by atoms with Gasteiger partial charge in [0, 0.05) is 12.1 Å². The molecule has 0 saturated carbocycles. The van der Waals surface area contributed by atoms with Crippen LogP contribution in [0.2, 0.25) is 0 Å². The average Bonchev–Trinajstić information content (AvgIpc) is 3.08. The van der Waals surface area contributed by atoms with E-state index in [4.69, 9.17) is 24.2 Å². The second kappa shape index (κ2) is 10.8. The van der Waals surface area contributed by atoms with Crippen molar-refractivity contribution in [2.75, 3.05) is 19.8 Å². The minimum absolute atomic E-state index is 0.00516. The van der Waals surface area contributed by atoms with E-state index in [0.29, 0.717) is 0 Å². The average molecular weight is 493 g/mol. The first-order chi connectivity index (χ1) is 16.0. The largest absolute Gasteiger partial charge is 0.595 e. The van der Waals surface area contributed by atoms with Gasteiger partial charge in [0.2, 0.25) is 5.79 Å². The van der Waals surface area contributed by atoms with E-state index in [2.05, 4.69) is 0 Å².